The van der Waals surface area contributed by atoms with Crippen LogP contribution in [0.4, 0.5) is 5.13 Å². The van der Waals surface area contributed by atoms with Crippen molar-refractivity contribution in [3.63, 3.8) is 0 Å². The molecule has 1 saturated heterocycles. The summed E-state index contributed by atoms with van der Waals surface area (Å²) in [6.07, 6.45) is 5.86. The number of thiazole rings is 1. The SMILES string of the molecule is CO/N=C(\C(=O)N[C@@H]1C(=O)N2C(C(=O)[O-])=C(Cn3cc[n+](C)c3)CS[C@H]12)c1csc(NC=O)n1. The number of rotatable bonds is 9. The molecule has 2 aromatic heterocycles. The van der Waals surface area contributed by atoms with Gasteiger partial charge in [-0.05, 0) is 0 Å². The Morgan fingerprint density at radius 2 is 2.26 bits per heavy atom. The highest BCUT2D eigenvalue weighted by molar-refractivity contribution is 8.00. The number of aromatic nitrogens is 3. The molecule has 0 aromatic carbocycles. The van der Waals surface area contributed by atoms with Gasteiger partial charge in [-0.1, -0.05) is 5.16 Å². The van der Waals surface area contributed by atoms with E-state index in [0.29, 0.717) is 17.7 Å². The van der Waals surface area contributed by atoms with Gasteiger partial charge in [0.1, 0.15) is 43.2 Å². The molecule has 34 heavy (non-hydrogen) atoms. The lowest BCUT2D eigenvalue weighted by molar-refractivity contribution is -0.671. The maximum atomic E-state index is 12.9. The number of fused-ring (bicyclic) bond motifs is 1. The van der Waals surface area contributed by atoms with Crippen molar-refractivity contribution in [1.82, 2.24) is 19.8 Å². The number of thioether (sulfide) groups is 1. The number of carbonyl (C=O) groups is 4. The molecule has 2 atom stereocenters. The Morgan fingerprint density at radius 3 is 2.91 bits per heavy atom. The molecule has 3 amide bonds. The van der Waals surface area contributed by atoms with Gasteiger partial charge >= 0.3 is 0 Å². The van der Waals surface area contributed by atoms with E-state index in [9.17, 15) is 24.3 Å². The van der Waals surface area contributed by atoms with E-state index in [2.05, 4.69) is 20.8 Å². The summed E-state index contributed by atoms with van der Waals surface area (Å²) in [5, 5.41) is 21.7. The van der Waals surface area contributed by atoms with Crippen LogP contribution in [0.25, 0.3) is 0 Å². The smallest absolute Gasteiger partial charge is 0.276 e. The largest absolute Gasteiger partial charge is 0.543 e. The van der Waals surface area contributed by atoms with Gasteiger partial charge in [-0.2, -0.15) is 0 Å². The first-order valence-corrected chi connectivity index (χ1v) is 11.7. The molecule has 0 saturated carbocycles. The van der Waals surface area contributed by atoms with E-state index in [1.807, 2.05) is 17.8 Å². The second-order valence-electron chi connectivity index (χ2n) is 7.27. The Hall–Kier alpha value is -3.72. The van der Waals surface area contributed by atoms with Crippen molar-refractivity contribution in [2.24, 2.45) is 12.2 Å². The average Bonchev–Trinajstić information content (AvgIpc) is 3.44. The van der Waals surface area contributed by atoms with Crippen LogP contribution in [0.15, 0.2) is 40.5 Å². The Balaban J connectivity index is 1.51. The van der Waals surface area contributed by atoms with Crippen molar-refractivity contribution in [2.45, 2.75) is 18.0 Å². The van der Waals surface area contributed by atoms with Gasteiger partial charge in [-0.15, -0.1) is 23.1 Å². The van der Waals surface area contributed by atoms with Crippen molar-refractivity contribution in [3.05, 3.63) is 41.1 Å². The highest BCUT2D eigenvalue weighted by Gasteiger charge is 2.53. The van der Waals surface area contributed by atoms with Crippen molar-refractivity contribution < 1.29 is 33.7 Å². The van der Waals surface area contributed by atoms with Crippen molar-refractivity contribution in [3.8, 4) is 0 Å². The van der Waals surface area contributed by atoms with Gasteiger partial charge < -0.3 is 25.4 Å². The lowest BCUT2D eigenvalue weighted by Crippen LogP contribution is -2.71. The maximum absolute atomic E-state index is 12.9. The fraction of sp³-hybridized carbons (Fsp3) is 0.316. The van der Waals surface area contributed by atoms with Crippen molar-refractivity contribution in [1.29, 1.82) is 0 Å². The van der Waals surface area contributed by atoms with Gasteiger partial charge in [-0.3, -0.25) is 19.3 Å². The topological polar surface area (TPSA) is 162 Å². The second-order valence-corrected chi connectivity index (χ2v) is 9.24. The van der Waals surface area contributed by atoms with Crippen LogP contribution in [0.3, 0.4) is 0 Å². The lowest BCUT2D eigenvalue weighted by Gasteiger charge is -2.50. The van der Waals surface area contributed by atoms with Gasteiger partial charge in [0.05, 0.1) is 18.7 Å². The Bertz CT molecular complexity index is 1220. The molecule has 0 radical (unpaired) electrons. The summed E-state index contributed by atoms with van der Waals surface area (Å²) in [5.74, 6) is -2.40. The first-order chi connectivity index (χ1) is 16.3. The zero-order chi connectivity index (χ0) is 24.4. The molecule has 0 aliphatic carbocycles. The standard InChI is InChI=1S/C19H19N7O6S2/c1-24-3-4-25(9-24)5-10-6-33-17-13(16(29)26(17)14(10)18(30)31)22-15(28)12(23-32-2)11-7-34-19(21-11)20-8-27/h3-4,7-9,13,17H,5-6H2,1-2H3,(H2-,20,21,22,27,28,30,31)/b23-12-/t13-,17-/m1/s1. The molecule has 13 nitrogen and oxygen atoms in total. The Labute approximate surface area is 201 Å². The number of carbonyl (C=O) groups excluding carboxylic acids is 4. The van der Waals surface area contributed by atoms with E-state index in [4.69, 9.17) is 4.84 Å². The molecular weight excluding hydrogens is 486 g/mol. The molecule has 0 unspecified atom stereocenters. The number of aryl methyl sites for hydroxylation is 1. The summed E-state index contributed by atoms with van der Waals surface area (Å²) in [4.78, 5) is 58.2. The Kier molecular flexibility index (Phi) is 6.65. The molecule has 2 aliphatic heterocycles. The Morgan fingerprint density at radius 1 is 1.47 bits per heavy atom. The predicted molar refractivity (Wildman–Crippen MR) is 118 cm³/mol. The number of hydrogen-bond acceptors (Lipinski definition) is 10. The van der Waals surface area contributed by atoms with E-state index in [-0.39, 0.29) is 28.8 Å². The molecular formula is C19H19N7O6S2. The molecule has 4 rings (SSSR count). The summed E-state index contributed by atoms with van der Waals surface area (Å²) in [6, 6.07) is -0.967. The predicted octanol–water partition coefficient (Wildman–Crippen LogP) is -2.21. The summed E-state index contributed by atoms with van der Waals surface area (Å²) < 4.78 is 3.62. The highest BCUT2D eigenvalue weighted by Crippen LogP contribution is 2.40. The number of carboxylic acids is 1. The number of hydrogen-bond donors (Lipinski definition) is 2. The minimum absolute atomic E-state index is 0.145. The van der Waals surface area contributed by atoms with Gasteiger partial charge in [0, 0.05) is 16.7 Å². The number of imidazole rings is 1. The van der Waals surface area contributed by atoms with E-state index >= 15 is 0 Å². The van der Waals surface area contributed by atoms with E-state index in [1.54, 1.807) is 17.1 Å². The molecule has 4 heterocycles. The third-order valence-corrected chi connectivity index (χ3v) is 7.16. The third kappa shape index (κ3) is 4.38. The summed E-state index contributed by atoms with van der Waals surface area (Å²) in [5.41, 5.74) is 0.313. The molecule has 1 fully saturated rings. The third-order valence-electron chi connectivity index (χ3n) is 5.05. The first kappa shape index (κ1) is 23.4. The van der Waals surface area contributed by atoms with E-state index in [1.165, 1.54) is 24.3 Å². The van der Waals surface area contributed by atoms with Crippen LogP contribution in [0.2, 0.25) is 0 Å². The number of anilines is 1. The van der Waals surface area contributed by atoms with E-state index < -0.39 is 29.2 Å². The fourth-order valence-corrected chi connectivity index (χ4v) is 5.60. The normalized spacial score (nSPS) is 19.9. The number of β-lactam (4-membered cyclic amide) rings is 1. The molecule has 15 heteroatoms. The minimum Gasteiger partial charge on any atom is -0.543 e. The monoisotopic (exact) mass is 505 g/mol. The van der Waals surface area contributed by atoms with Crippen LogP contribution < -0.4 is 20.3 Å². The van der Waals surface area contributed by atoms with Crippen LogP contribution in [0, 0.1) is 0 Å². The number of aliphatic carboxylic acids is 1. The van der Waals surface area contributed by atoms with Crippen molar-refractivity contribution in [2.75, 3.05) is 18.2 Å². The molecule has 0 spiro atoms. The number of carboxylic acid groups (broad SMARTS) is 1. The zero-order valence-electron chi connectivity index (χ0n) is 18.0. The van der Waals surface area contributed by atoms with Crippen LogP contribution in [0.5, 0.6) is 0 Å². The van der Waals surface area contributed by atoms with Crippen molar-refractivity contribution >= 4 is 58.1 Å². The molecule has 2 aromatic rings. The highest BCUT2D eigenvalue weighted by atomic mass is 32.2. The van der Waals surface area contributed by atoms with Crippen LogP contribution in [-0.2, 0) is 37.6 Å². The van der Waals surface area contributed by atoms with Crippen LogP contribution in [-0.4, -0.2) is 68.6 Å². The number of oxime groups is 1. The number of amides is 3. The fourth-order valence-electron chi connectivity index (χ4n) is 3.61. The van der Waals surface area contributed by atoms with Gasteiger partial charge in [-0.25, -0.2) is 14.1 Å². The minimum atomic E-state index is -1.45. The maximum Gasteiger partial charge on any atom is 0.276 e. The summed E-state index contributed by atoms with van der Waals surface area (Å²) in [7, 11) is 3.09. The average molecular weight is 506 g/mol. The summed E-state index contributed by atoms with van der Waals surface area (Å²) in [6.45, 7) is 0.288. The molecule has 0 bridgehead atoms. The van der Waals surface area contributed by atoms with Gasteiger partial charge in [0.25, 0.3) is 11.8 Å². The molecule has 2 aliphatic rings. The first-order valence-electron chi connectivity index (χ1n) is 9.81. The number of nitrogens with one attached hydrogen (secondary N) is 2. The number of nitrogens with zero attached hydrogens (tertiary/aromatic N) is 5. The van der Waals surface area contributed by atoms with Gasteiger partial charge in [0.15, 0.2) is 10.8 Å². The lowest BCUT2D eigenvalue weighted by atomic mass is 10.0. The summed E-state index contributed by atoms with van der Waals surface area (Å²) >= 11 is 2.42. The second kappa shape index (κ2) is 9.64. The molecule has 2 N–H and O–H groups in total. The quantitative estimate of drug-likeness (QED) is 0.127. The van der Waals surface area contributed by atoms with Crippen LogP contribution >= 0.6 is 23.1 Å². The van der Waals surface area contributed by atoms with Gasteiger partial charge in [0.2, 0.25) is 12.7 Å². The zero-order valence-corrected chi connectivity index (χ0v) is 19.6. The molecule has 178 valence electrons. The van der Waals surface area contributed by atoms with E-state index in [0.717, 1.165) is 16.2 Å². The van der Waals surface area contributed by atoms with Crippen LogP contribution in [0.1, 0.15) is 5.69 Å².